The Morgan fingerprint density at radius 3 is 2.24 bits per heavy atom. The zero-order chi connectivity index (χ0) is 19.3. The van der Waals surface area contributed by atoms with E-state index in [1.807, 2.05) is 18.2 Å². The van der Waals surface area contributed by atoms with Crippen LogP contribution in [0.5, 0.6) is 5.75 Å². The van der Waals surface area contributed by atoms with Gasteiger partial charge in [0.05, 0.1) is 0 Å². The van der Waals surface area contributed by atoms with Gasteiger partial charge in [-0.15, -0.1) is 17.0 Å². The van der Waals surface area contributed by atoms with Gasteiger partial charge in [-0.25, -0.2) is 0 Å². The van der Waals surface area contributed by atoms with Crippen molar-refractivity contribution in [2.24, 2.45) is 0 Å². The minimum atomic E-state index is 0. The molecule has 1 saturated carbocycles. The Balaban J connectivity index is 0.00000240. The highest BCUT2D eigenvalue weighted by Crippen LogP contribution is 2.32. The van der Waals surface area contributed by atoms with Crippen LogP contribution in [0.25, 0.3) is 0 Å². The Bertz CT molecular complexity index is 767. The fraction of sp³-hybridized carbons (Fsp3) is 0.520. The first-order valence-electron chi connectivity index (χ1n) is 11.0. The van der Waals surface area contributed by atoms with Gasteiger partial charge in [-0.3, -0.25) is 9.80 Å². The number of benzene rings is 2. The molecule has 4 heteroatoms. The molecule has 158 valence electrons. The lowest BCUT2D eigenvalue weighted by molar-refractivity contribution is 0.0557. The Labute approximate surface area is 186 Å². The van der Waals surface area contributed by atoms with Crippen LogP contribution in [0.4, 0.5) is 0 Å². The van der Waals surface area contributed by atoms with E-state index in [4.69, 9.17) is 0 Å². The van der Waals surface area contributed by atoms with Crippen molar-refractivity contribution in [2.45, 2.75) is 57.5 Å². The number of phenolic OH excluding ortho intramolecular Hbond substituents is 1. The van der Waals surface area contributed by atoms with Crippen molar-refractivity contribution in [1.82, 2.24) is 9.80 Å². The molecule has 2 aromatic carbocycles. The van der Waals surface area contributed by atoms with Gasteiger partial charge in [0.15, 0.2) is 0 Å². The van der Waals surface area contributed by atoms with E-state index < -0.39 is 0 Å². The molecule has 1 N–H and O–H groups in total. The van der Waals surface area contributed by atoms with Crippen LogP contribution in [0.15, 0.2) is 48.5 Å². The van der Waals surface area contributed by atoms with Gasteiger partial charge in [0, 0.05) is 38.3 Å². The van der Waals surface area contributed by atoms with Gasteiger partial charge in [0.25, 0.3) is 0 Å². The second-order valence-corrected chi connectivity index (χ2v) is 8.57. The Morgan fingerprint density at radius 2 is 1.55 bits per heavy atom. The summed E-state index contributed by atoms with van der Waals surface area (Å²) in [5.74, 6) is 0.418. The molecule has 1 aliphatic carbocycles. The minimum absolute atomic E-state index is 0. The maximum Gasteiger partial charge on any atom is 0.118 e. The average Bonchev–Trinajstić information content (AvgIpc) is 2.75. The van der Waals surface area contributed by atoms with Gasteiger partial charge >= 0.3 is 0 Å². The quantitative estimate of drug-likeness (QED) is 0.639. The lowest BCUT2D eigenvalue weighted by Gasteiger charge is -2.43. The topological polar surface area (TPSA) is 26.7 Å². The largest absolute Gasteiger partial charge is 0.508 e. The highest BCUT2D eigenvalue weighted by molar-refractivity contribution is 8.93. The van der Waals surface area contributed by atoms with Gasteiger partial charge in [0.2, 0.25) is 0 Å². The summed E-state index contributed by atoms with van der Waals surface area (Å²) in [6.07, 6.45) is 7.87. The first-order valence-corrected chi connectivity index (χ1v) is 11.0. The van der Waals surface area contributed by atoms with Crippen molar-refractivity contribution in [3.05, 3.63) is 65.2 Å². The van der Waals surface area contributed by atoms with E-state index in [9.17, 15) is 5.11 Å². The van der Waals surface area contributed by atoms with Gasteiger partial charge < -0.3 is 5.11 Å². The van der Waals surface area contributed by atoms with Crippen LogP contribution in [0.1, 0.15) is 54.8 Å². The van der Waals surface area contributed by atoms with Crippen molar-refractivity contribution < 1.29 is 5.11 Å². The number of aryl methyl sites for hydroxylation is 1. The maximum atomic E-state index is 10.4. The Hall–Kier alpha value is -1.36. The first kappa shape index (κ1) is 22.3. The second-order valence-electron chi connectivity index (χ2n) is 8.57. The van der Waals surface area contributed by atoms with E-state index in [2.05, 4.69) is 47.1 Å². The first-order chi connectivity index (χ1) is 13.7. The van der Waals surface area contributed by atoms with Gasteiger partial charge in [0.1, 0.15) is 5.75 Å². The summed E-state index contributed by atoms with van der Waals surface area (Å²) in [4.78, 5) is 5.39. The van der Waals surface area contributed by atoms with E-state index in [0.29, 0.717) is 11.8 Å². The molecular weight excluding hydrogens is 424 g/mol. The molecule has 29 heavy (non-hydrogen) atoms. The maximum absolute atomic E-state index is 10.4. The fourth-order valence-electron chi connectivity index (χ4n) is 5.15. The summed E-state index contributed by atoms with van der Waals surface area (Å²) in [6.45, 7) is 6.79. The molecule has 1 saturated heterocycles. The Kier molecular flexibility index (Phi) is 8.16. The second kappa shape index (κ2) is 10.6. The third kappa shape index (κ3) is 5.42. The summed E-state index contributed by atoms with van der Waals surface area (Å²) in [6, 6.07) is 17.7. The van der Waals surface area contributed by atoms with Crippen molar-refractivity contribution in [2.75, 3.05) is 26.2 Å². The highest BCUT2D eigenvalue weighted by atomic mass is 79.9. The van der Waals surface area contributed by atoms with Crippen LogP contribution < -0.4 is 0 Å². The van der Waals surface area contributed by atoms with Crippen LogP contribution in [0, 0.1) is 6.92 Å². The SMILES string of the molecule is Br.Cc1ccccc1C(Cc1ccccc1O)N1CCN(C2CCCCC2)CC1. The fourth-order valence-corrected chi connectivity index (χ4v) is 5.15. The third-order valence-electron chi connectivity index (χ3n) is 6.83. The summed E-state index contributed by atoms with van der Waals surface area (Å²) in [5.41, 5.74) is 3.79. The van der Waals surface area contributed by atoms with Crippen molar-refractivity contribution >= 4 is 17.0 Å². The van der Waals surface area contributed by atoms with E-state index in [1.54, 1.807) is 0 Å². The van der Waals surface area contributed by atoms with Gasteiger partial charge in [-0.1, -0.05) is 61.7 Å². The van der Waals surface area contributed by atoms with Crippen molar-refractivity contribution in [1.29, 1.82) is 0 Å². The van der Waals surface area contributed by atoms with Crippen LogP contribution in [0.3, 0.4) is 0 Å². The molecule has 2 aromatic rings. The molecule has 2 fully saturated rings. The van der Waals surface area contributed by atoms with E-state index in [0.717, 1.165) is 31.1 Å². The molecule has 1 atom stereocenters. The molecular formula is C25H35BrN2O. The minimum Gasteiger partial charge on any atom is -0.508 e. The molecule has 0 radical (unpaired) electrons. The van der Waals surface area contributed by atoms with Crippen LogP contribution in [-0.2, 0) is 6.42 Å². The van der Waals surface area contributed by atoms with Crippen LogP contribution in [-0.4, -0.2) is 47.1 Å². The summed E-state index contributed by atoms with van der Waals surface area (Å²) in [5, 5.41) is 10.4. The number of hydrogen-bond acceptors (Lipinski definition) is 3. The molecule has 0 amide bonds. The monoisotopic (exact) mass is 458 g/mol. The van der Waals surface area contributed by atoms with Gasteiger partial charge in [-0.05, 0) is 48.9 Å². The number of nitrogens with zero attached hydrogens (tertiary/aromatic N) is 2. The predicted molar refractivity (Wildman–Crippen MR) is 126 cm³/mol. The van der Waals surface area contributed by atoms with E-state index in [1.165, 1.54) is 56.3 Å². The molecule has 1 aliphatic heterocycles. The third-order valence-corrected chi connectivity index (χ3v) is 6.83. The molecule has 4 rings (SSSR count). The molecule has 3 nitrogen and oxygen atoms in total. The molecule has 0 spiro atoms. The predicted octanol–water partition coefficient (Wildman–Crippen LogP) is 5.51. The highest BCUT2D eigenvalue weighted by Gasteiger charge is 2.30. The number of para-hydroxylation sites is 1. The van der Waals surface area contributed by atoms with Crippen molar-refractivity contribution in [3.63, 3.8) is 0 Å². The number of aromatic hydroxyl groups is 1. The number of hydrogen-bond donors (Lipinski definition) is 1. The summed E-state index contributed by atoms with van der Waals surface area (Å²) in [7, 11) is 0. The zero-order valence-corrected chi connectivity index (χ0v) is 19.3. The number of halogens is 1. The smallest absolute Gasteiger partial charge is 0.118 e. The molecule has 1 unspecified atom stereocenters. The number of phenols is 1. The van der Waals surface area contributed by atoms with E-state index >= 15 is 0 Å². The lowest BCUT2D eigenvalue weighted by atomic mass is 9.92. The number of piperazine rings is 1. The van der Waals surface area contributed by atoms with Crippen molar-refractivity contribution in [3.8, 4) is 5.75 Å². The normalized spacial score (nSPS) is 20.2. The standard InChI is InChI=1S/C25H34N2O.BrH/c1-20-9-5-7-13-23(20)24(19-21-10-6-8-14-25(21)28)27-17-15-26(16-18-27)22-11-3-2-4-12-22;/h5-10,13-14,22,24,28H,2-4,11-12,15-19H2,1H3;1H. The molecule has 0 aromatic heterocycles. The molecule has 2 aliphatic rings. The molecule has 1 heterocycles. The van der Waals surface area contributed by atoms with Gasteiger partial charge in [-0.2, -0.15) is 0 Å². The van der Waals surface area contributed by atoms with E-state index in [-0.39, 0.29) is 17.0 Å². The van der Waals surface area contributed by atoms with Crippen LogP contribution in [0.2, 0.25) is 0 Å². The van der Waals surface area contributed by atoms with Crippen LogP contribution >= 0.6 is 17.0 Å². The lowest BCUT2D eigenvalue weighted by Crippen LogP contribution is -2.51. The number of rotatable bonds is 5. The molecule has 0 bridgehead atoms. The summed E-state index contributed by atoms with van der Waals surface area (Å²) >= 11 is 0. The summed E-state index contributed by atoms with van der Waals surface area (Å²) < 4.78 is 0. The zero-order valence-electron chi connectivity index (χ0n) is 17.6. The Morgan fingerprint density at radius 1 is 0.897 bits per heavy atom. The average molecular weight is 459 g/mol.